The van der Waals surface area contributed by atoms with Crippen LogP contribution in [0.3, 0.4) is 0 Å². The summed E-state index contributed by atoms with van der Waals surface area (Å²) in [4.78, 5) is 52.1. The van der Waals surface area contributed by atoms with Crippen LogP contribution in [0.5, 0.6) is 0 Å². The van der Waals surface area contributed by atoms with Gasteiger partial charge in [-0.05, 0) is 6.07 Å². The average Bonchev–Trinajstić information content (AvgIpc) is 2.99. The van der Waals surface area contributed by atoms with E-state index in [1.807, 2.05) is 0 Å². The molecule has 29 heavy (non-hydrogen) atoms. The molecule has 1 amide bonds. The van der Waals surface area contributed by atoms with E-state index in [-0.39, 0.29) is 31.0 Å². The van der Waals surface area contributed by atoms with E-state index in [2.05, 4.69) is 10.3 Å². The summed E-state index contributed by atoms with van der Waals surface area (Å²) in [7, 11) is 0. The van der Waals surface area contributed by atoms with Crippen molar-refractivity contribution >= 4 is 23.5 Å². The molecule has 0 aromatic carbocycles. The van der Waals surface area contributed by atoms with Crippen LogP contribution in [-0.2, 0) is 23.9 Å². The molecule has 1 aromatic rings. The van der Waals surface area contributed by atoms with Gasteiger partial charge in [0.2, 0.25) is 11.5 Å². The minimum atomic E-state index is -2.41. The van der Waals surface area contributed by atoms with Gasteiger partial charge in [0.1, 0.15) is 11.9 Å². The maximum atomic E-state index is 12.6. The quantitative estimate of drug-likeness (QED) is 0.480. The number of nitrogens with zero attached hydrogens (tertiary/aromatic N) is 2. The van der Waals surface area contributed by atoms with E-state index in [0.29, 0.717) is 0 Å². The number of rotatable bonds is 8. The summed E-state index contributed by atoms with van der Waals surface area (Å²) in [5.74, 6) is -1.80. The zero-order chi connectivity index (χ0) is 21.8. The number of ether oxygens (including phenoxy) is 2. The molecule has 0 saturated carbocycles. The predicted octanol–water partition coefficient (Wildman–Crippen LogP) is -0.487. The number of Topliss-reactive ketones (excluding diaryl/α,β-unsaturated/α-hetero) is 1. The molecule has 0 radical (unpaired) electrons. The van der Waals surface area contributed by atoms with Crippen molar-refractivity contribution in [3.05, 3.63) is 22.7 Å². The van der Waals surface area contributed by atoms with Crippen LogP contribution in [0, 0.1) is 0 Å². The van der Waals surface area contributed by atoms with Crippen LogP contribution < -0.4 is 11.0 Å². The number of aliphatic hydroxyl groups is 2. The molecule has 0 unspecified atom stereocenters. The van der Waals surface area contributed by atoms with Crippen molar-refractivity contribution in [1.29, 1.82) is 0 Å². The van der Waals surface area contributed by atoms with Crippen LogP contribution in [0.25, 0.3) is 0 Å². The van der Waals surface area contributed by atoms with Crippen molar-refractivity contribution in [3.63, 3.8) is 0 Å². The molecule has 160 valence electrons. The third-order valence-corrected chi connectivity index (χ3v) is 4.62. The summed E-state index contributed by atoms with van der Waals surface area (Å²) in [6.07, 6.45) is -3.12. The second kappa shape index (κ2) is 9.25. The van der Waals surface area contributed by atoms with Crippen LogP contribution in [0.1, 0.15) is 46.3 Å². The number of hydrogen-bond donors (Lipinski definition) is 3. The van der Waals surface area contributed by atoms with Crippen molar-refractivity contribution in [1.82, 2.24) is 9.55 Å². The minimum Gasteiger partial charge on any atom is -0.456 e. The number of ketones is 1. The second-order valence-corrected chi connectivity index (χ2v) is 6.48. The summed E-state index contributed by atoms with van der Waals surface area (Å²) in [6, 6.07) is 1.30. The van der Waals surface area contributed by atoms with E-state index in [1.165, 1.54) is 26.1 Å². The van der Waals surface area contributed by atoms with Crippen molar-refractivity contribution in [2.75, 3.05) is 11.9 Å². The molecule has 0 aliphatic carbocycles. The molecule has 2 rings (SSSR count). The number of hydrogen-bond acceptors (Lipinski definition) is 9. The van der Waals surface area contributed by atoms with E-state index in [4.69, 9.17) is 9.47 Å². The Labute approximate surface area is 166 Å². The number of carbonyl (C=O) groups excluding carboxylic acids is 3. The molecule has 0 spiro atoms. The molecule has 1 fully saturated rings. The highest BCUT2D eigenvalue weighted by atomic mass is 16.6. The van der Waals surface area contributed by atoms with Gasteiger partial charge >= 0.3 is 11.7 Å². The Bertz CT molecular complexity index is 839. The first-order chi connectivity index (χ1) is 13.7. The van der Waals surface area contributed by atoms with Gasteiger partial charge in [0.15, 0.2) is 18.1 Å². The van der Waals surface area contributed by atoms with Crippen LogP contribution >= 0.6 is 0 Å². The number of aromatic nitrogens is 2. The Morgan fingerprint density at radius 1 is 1.28 bits per heavy atom. The number of aliphatic hydroxyl groups excluding tert-OH is 1. The van der Waals surface area contributed by atoms with E-state index >= 15 is 0 Å². The SMILES string of the molecule is CCC(=O)Nc1ccn([C@@H]2O[C@H](CO)[C@@H](OC(=O)CC)[C@]2(O)C(=O)CC)c(=O)n1. The third kappa shape index (κ3) is 4.36. The lowest BCUT2D eigenvalue weighted by Gasteiger charge is -2.32. The molecule has 4 atom stereocenters. The Balaban J connectivity index is 2.49. The van der Waals surface area contributed by atoms with Gasteiger partial charge in [-0.15, -0.1) is 0 Å². The highest BCUT2D eigenvalue weighted by molar-refractivity contribution is 5.89. The minimum absolute atomic E-state index is 0.00544. The fraction of sp³-hybridized carbons (Fsp3) is 0.611. The molecular weight excluding hydrogens is 386 g/mol. The highest BCUT2D eigenvalue weighted by Gasteiger charge is 2.62. The summed E-state index contributed by atoms with van der Waals surface area (Å²) in [5, 5.41) is 23.3. The van der Waals surface area contributed by atoms with Gasteiger partial charge in [-0.2, -0.15) is 4.98 Å². The largest absolute Gasteiger partial charge is 0.456 e. The monoisotopic (exact) mass is 411 g/mol. The van der Waals surface area contributed by atoms with Gasteiger partial charge in [0.05, 0.1) is 6.61 Å². The normalized spacial score (nSPS) is 26.2. The lowest BCUT2D eigenvalue weighted by molar-refractivity contribution is -0.173. The predicted molar refractivity (Wildman–Crippen MR) is 98.8 cm³/mol. The fourth-order valence-electron chi connectivity index (χ4n) is 3.04. The first-order valence-electron chi connectivity index (χ1n) is 9.33. The van der Waals surface area contributed by atoms with Crippen LogP contribution in [0.2, 0.25) is 0 Å². The van der Waals surface area contributed by atoms with Crippen molar-refractivity contribution in [2.24, 2.45) is 0 Å². The Morgan fingerprint density at radius 2 is 1.97 bits per heavy atom. The third-order valence-electron chi connectivity index (χ3n) is 4.62. The summed E-state index contributed by atoms with van der Waals surface area (Å²) in [6.45, 7) is 3.99. The zero-order valence-corrected chi connectivity index (χ0v) is 16.5. The van der Waals surface area contributed by atoms with Crippen molar-refractivity contribution in [3.8, 4) is 0 Å². The molecule has 11 nitrogen and oxygen atoms in total. The van der Waals surface area contributed by atoms with Crippen LogP contribution in [0.15, 0.2) is 17.1 Å². The number of amides is 1. The van der Waals surface area contributed by atoms with Crippen molar-refractivity contribution < 1.29 is 34.1 Å². The van der Waals surface area contributed by atoms with Crippen molar-refractivity contribution in [2.45, 2.75) is 64.1 Å². The fourth-order valence-corrected chi connectivity index (χ4v) is 3.04. The van der Waals surface area contributed by atoms with Crippen LogP contribution in [-0.4, -0.2) is 61.8 Å². The number of esters is 1. The van der Waals surface area contributed by atoms with Gasteiger partial charge in [-0.3, -0.25) is 19.0 Å². The molecule has 1 aliphatic heterocycles. The first-order valence-corrected chi connectivity index (χ1v) is 9.33. The van der Waals surface area contributed by atoms with E-state index in [1.54, 1.807) is 6.92 Å². The number of carbonyl (C=O) groups is 3. The smallest absolute Gasteiger partial charge is 0.351 e. The van der Waals surface area contributed by atoms with Crippen LogP contribution in [0.4, 0.5) is 5.82 Å². The summed E-state index contributed by atoms with van der Waals surface area (Å²) >= 11 is 0. The first kappa shape index (κ1) is 22.7. The molecule has 3 N–H and O–H groups in total. The molecule has 2 heterocycles. The molecule has 11 heteroatoms. The average molecular weight is 411 g/mol. The molecule has 1 aromatic heterocycles. The Morgan fingerprint density at radius 3 is 2.48 bits per heavy atom. The topological polar surface area (TPSA) is 157 Å². The van der Waals surface area contributed by atoms with Gasteiger partial charge in [0.25, 0.3) is 0 Å². The Hall–Kier alpha value is -2.63. The standard InChI is InChI=1S/C18H25N3O8/c1-4-11(23)18(27)15(29-14(25)6-3)10(9-22)28-16(18)21-8-7-12(20-17(21)26)19-13(24)5-2/h7-8,10,15-16,22,27H,4-6,9H2,1-3H3,(H,19,20,24,26)/t10-,15-,16-,18-/m1/s1. The van der Waals surface area contributed by atoms with Gasteiger partial charge in [0, 0.05) is 25.5 Å². The summed E-state index contributed by atoms with van der Waals surface area (Å²) < 4.78 is 11.6. The van der Waals surface area contributed by atoms with E-state index in [0.717, 1.165) is 4.57 Å². The number of anilines is 1. The van der Waals surface area contributed by atoms with Gasteiger partial charge in [-0.1, -0.05) is 20.8 Å². The van der Waals surface area contributed by atoms with Gasteiger partial charge < -0.3 is 25.0 Å². The molecule has 0 bridgehead atoms. The molecular formula is C18H25N3O8. The van der Waals surface area contributed by atoms with E-state index in [9.17, 15) is 29.4 Å². The van der Waals surface area contributed by atoms with E-state index < -0.39 is 48.1 Å². The Kier molecular flexibility index (Phi) is 7.22. The maximum Gasteiger partial charge on any atom is 0.351 e. The maximum absolute atomic E-state index is 12.6. The zero-order valence-electron chi connectivity index (χ0n) is 16.5. The van der Waals surface area contributed by atoms with Gasteiger partial charge in [-0.25, -0.2) is 4.79 Å². The second-order valence-electron chi connectivity index (χ2n) is 6.48. The number of nitrogens with one attached hydrogen (secondary N) is 1. The lowest BCUT2D eigenvalue weighted by Crippen LogP contribution is -2.56. The molecule has 1 aliphatic rings. The highest BCUT2D eigenvalue weighted by Crippen LogP contribution is 2.41. The molecule has 1 saturated heterocycles. The lowest BCUT2D eigenvalue weighted by atomic mass is 9.87. The summed E-state index contributed by atoms with van der Waals surface area (Å²) in [5.41, 5.74) is -3.32.